The van der Waals surface area contributed by atoms with Crippen LogP contribution in [0.5, 0.6) is 0 Å². The molecule has 4 N–H and O–H groups in total. The summed E-state index contributed by atoms with van der Waals surface area (Å²) in [5, 5.41) is 13.9. The molecule has 8 heteroatoms. The molecular weight excluding hydrogens is 408 g/mol. The zero-order chi connectivity index (χ0) is 23.2. The van der Waals surface area contributed by atoms with Crippen molar-refractivity contribution in [3.8, 4) is 6.07 Å². The molecule has 8 nitrogen and oxygen atoms in total. The van der Waals surface area contributed by atoms with Crippen LogP contribution >= 0.6 is 0 Å². The summed E-state index contributed by atoms with van der Waals surface area (Å²) in [6.07, 6.45) is 1.33. The molecule has 0 unspecified atom stereocenters. The molecule has 0 aliphatic carbocycles. The number of nitriles is 1. The minimum atomic E-state index is -0.957. The highest BCUT2D eigenvalue weighted by atomic mass is 16.5. The Morgan fingerprint density at radius 2 is 1.53 bits per heavy atom. The molecule has 0 aliphatic heterocycles. The maximum Gasteiger partial charge on any atom is 0.408 e. The number of hydrogen-bond acceptors (Lipinski definition) is 5. The van der Waals surface area contributed by atoms with Crippen molar-refractivity contribution in [1.82, 2.24) is 10.6 Å². The van der Waals surface area contributed by atoms with E-state index in [1.807, 2.05) is 66.7 Å². The summed E-state index contributed by atoms with van der Waals surface area (Å²) in [6, 6.07) is 18.6. The van der Waals surface area contributed by atoms with Crippen LogP contribution < -0.4 is 16.4 Å². The topological polar surface area (TPSA) is 134 Å². The third-order valence-corrected chi connectivity index (χ3v) is 4.80. The van der Waals surface area contributed by atoms with Crippen LogP contribution in [0.15, 0.2) is 60.7 Å². The number of alkyl carbamates (subject to hydrolysis) is 1. The first-order valence-electron chi connectivity index (χ1n) is 10.5. The van der Waals surface area contributed by atoms with Crippen LogP contribution in [0.1, 0.15) is 36.8 Å². The quantitative estimate of drug-likeness (QED) is 0.440. The first-order valence-corrected chi connectivity index (χ1v) is 10.5. The minimum absolute atomic E-state index is 0.0646. The van der Waals surface area contributed by atoms with E-state index in [1.165, 1.54) is 0 Å². The molecule has 2 atom stereocenters. The smallest absolute Gasteiger partial charge is 0.408 e. The lowest BCUT2D eigenvalue weighted by atomic mass is 10.0. The number of rotatable bonds is 12. The molecule has 0 saturated carbocycles. The number of benzene rings is 2. The van der Waals surface area contributed by atoms with E-state index >= 15 is 0 Å². The van der Waals surface area contributed by atoms with E-state index in [-0.39, 0.29) is 13.0 Å². The van der Waals surface area contributed by atoms with Gasteiger partial charge in [0.25, 0.3) is 0 Å². The van der Waals surface area contributed by atoms with Crippen molar-refractivity contribution in [2.75, 3.05) is 0 Å². The van der Waals surface area contributed by atoms with E-state index in [0.717, 1.165) is 11.1 Å². The largest absolute Gasteiger partial charge is 0.445 e. The summed E-state index contributed by atoms with van der Waals surface area (Å²) in [5.41, 5.74) is 7.09. The fraction of sp³-hybridized carbons (Fsp3) is 0.333. The summed E-state index contributed by atoms with van der Waals surface area (Å²) in [6.45, 7) is 0.0646. The number of nitrogens with zero attached hydrogens (tertiary/aromatic N) is 1. The third kappa shape index (κ3) is 8.88. The van der Waals surface area contributed by atoms with Gasteiger partial charge in [-0.2, -0.15) is 5.26 Å². The van der Waals surface area contributed by atoms with Crippen molar-refractivity contribution in [3.63, 3.8) is 0 Å². The highest BCUT2D eigenvalue weighted by Gasteiger charge is 2.26. The zero-order valence-electron chi connectivity index (χ0n) is 17.8. The minimum Gasteiger partial charge on any atom is -0.445 e. The number of primary amides is 1. The molecule has 0 fully saturated rings. The van der Waals surface area contributed by atoms with Crippen LogP contribution in [0.4, 0.5) is 4.79 Å². The van der Waals surface area contributed by atoms with Crippen LogP contribution in [0.25, 0.3) is 0 Å². The fourth-order valence-corrected chi connectivity index (χ4v) is 3.08. The van der Waals surface area contributed by atoms with Crippen molar-refractivity contribution in [2.45, 2.75) is 50.8 Å². The molecule has 0 aromatic heterocycles. The van der Waals surface area contributed by atoms with Gasteiger partial charge in [-0.05, 0) is 30.4 Å². The molecule has 168 valence electrons. The third-order valence-electron chi connectivity index (χ3n) is 4.80. The van der Waals surface area contributed by atoms with Crippen molar-refractivity contribution >= 4 is 17.9 Å². The zero-order valence-corrected chi connectivity index (χ0v) is 17.8. The Morgan fingerprint density at radius 3 is 2.12 bits per heavy atom. The number of nitrogens with two attached hydrogens (primary N) is 1. The van der Waals surface area contributed by atoms with Gasteiger partial charge >= 0.3 is 6.09 Å². The van der Waals surface area contributed by atoms with Gasteiger partial charge in [-0.25, -0.2) is 4.79 Å². The Kier molecular flexibility index (Phi) is 10.3. The van der Waals surface area contributed by atoms with E-state index < -0.39 is 30.0 Å². The number of amides is 3. The summed E-state index contributed by atoms with van der Waals surface area (Å²) in [4.78, 5) is 37.1. The van der Waals surface area contributed by atoms with Gasteiger partial charge in [-0.3, -0.25) is 9.59 Å². The summed E-state index contributed by atoms with van der Waals surface area (Å²) in [5.74, 6) is -1.20. The Bertz CT molecular complexity index is 913. The summed E-state index contributed by atoms with van der Waals surface area (Å²) < 4.78 is 5.24. The van der Waals surface area contributed by atoms with Crippen molar-refractivity contribution in [3.05, 3.63) is 71.8 Å². The fourth-order valence-electron chi connectivity index (χ4n) is 3.08. The molecule has 0 bridgehead atoms. The molecule has 0 radical (unpaired) electrons. The number of nitrogens with one attached hydrogen (secondary N) is 2. The second-order valence-electron chi connectivity index (χ2n) is 7.32. The van der Waals surface area contributed by atoms with Crippen LogP contribution in [0.2, 0.25) is 0 Å². The van der Waals surface area contributed by atoms with E-state index in [0.29, 0.717) is 25.7 Å². The summed E-state index contributed by atoms with van der Waals surface area (Å²) >= 11 is 0. The average molecular weight is 437 g/mol. The van der Waals surface area contributed by atoms with Crippen LogP contribution in [-0.4, -0.2) is 30.0 Å². The van der Waals surface area contributed by atoms with Gasteiger partial charge in [0.15, 0.2) is 0 Å². The molecule has 2 aromatic rings. The van der Waals surface area contributed by atoms with Crippen LogP contribution in [-0.2, 0) is 27.4 Å². The average Bonchev–Trinajstić information content (AvgIpc) is 2.80. The second-order valence-corrected chi connectivity index (χ2v) is 7.32. The van der Waals surface area contributed by atoms with Gasteiger partial charge in [0, 0.05) is 12.8 Å². The molecule has 3 amide bonds. The molecule has 0 spiro atoms. The maximum atomic E-state index is 12.9. The lowest BCUT2D eigenvalue weighted by molar-refractivity contribution is -0.128. The second kappa shape index (κ2) is 13.4. The van der Waals surface area contributed by atoms with Gasteiger partial charge in [0.1, 0.15) is 18.7 Å². The van der Waals surface area contributed by atoms with E-state index in [4.69, 9.17) is 15.7 Å². The first-order chi connectivity index (χ1) is 15.5. The Morgan fingerprint density at radius 1 is 0.906 bits per heavy atom. The summed E-state index contributed by atoms with van der Waals surface area (Å²) in [7, 11) is 0. The van der Waals surface area contributed by atoms with Gasteiger partial charge in [0.2, 0.25) is 11.8 Å². The highest BCUT2D eigenvalue weighted by molar-refractivity contribution is 5.90. The molecule has 2 aromatic carbocycles. The monoisotopic (exact) mass is 436 g/mol. The number of carbonyl (C=O) groups is 3. The number of hydrogen-bond donors (Lipinski definition) is 3. The van der Waals surface area contributed by atoms with E-state index in [2.05, 4.69) is 10.6 Å². The Labute approximate surface area is 187 Å². The predicted molar refractivity (Wildman–Crippen MR) is 119 cm³/mol. The normalized spacial score (nSPS) is 12.1. The maximum absolute atomic E-state index is 12.9. The Hall–Kier alpha value is -3.86. The lowest BCUT2D eigenvalue weighted by Crippen LogP contribution is -2.53. The predicted octanol–water partition coefficient (Wildman–Crippen LogP) is 2.58. The molecule has 2 rings (SSSR count). The SMILES string of the molecule is N#CCCCC[C@@H](NC(=O)[C@H](Cc1ccccc1)NC(=O)OCc1ccccc1)C(N)=O. The van der Waals surface area contributed by atoms with Crippen LogP contribution in [0, 0.1) is 11.3 Å². The van der Waals surface area contributed by atoms with Gasteiger partial charge in [-0.15, -0.1) is 0 Å². The van der Waals surface area contributed by atoms with Gasteiger partial charge in [-0.1, -0.05) is 60.7 Å². The number of unbranched alkanes of at least 4 members (excludes halogenated alkanes) is 2. The van der Waals surface area contributed by atoms with Crippen LogP contribution in [0.3, 0.4) is 0 Å². The molecule has 0 aliphatic rings. The molecular formula is C24H28N4O4. The van der Waals surface area contributed by atoms with Crippen molar-refractivity contribution in [2.24, 2.45) is 5.73 Å². The number of carbonyl (C=O) groups excluding carboxylic acids is 3. The standard InChI is InChI=1S/C24H28N4O4/c25-15-9-3-8-14-20(22(26)29)27-23(30)21(16-18-10-4-1-5-11-18)28-24(31)32-17-19-12-6-2-7-13-19/h1-2,4-7,10-13,20-21H,3,8-9,14,16-17H2,(H2,26,29)(H,27,30)(H,28,31)/t20-,21+/m1/s1. The molecule has 0 heterocycles. The molecule has 0 saturated heterocycles. The van der Waals surface area contributed by atoms with Gasteiger partial charge < -0.3 is 21.1 Å². The first kappa shape index (κ1) is 24.4. The van der Waals surface area contributed by atoms with Crippen molar-refractivity contribution in [1.29, 1.82) is 5.26 Å². The van der Waals surface area contributed by atoms with E-state index in [1.54, 1.807) is 0 Å². The number of ether oxygens (including phenoxy) is 1. The molecule has 32 heavy (non-hydrogen) atoms. The highest BCUT2D eigenvalue weighted by Crippen LogP contribution is 2.08. The Balaban J connectivity index is 2.02. The van der Waals surface area contributed by atoms with E-state index in [9.17, 15) is 14.4 Å². The lowest BCUT2D eigenvalue weighted by Gasteiger charge is -2.22. The van der Waals surface area contributed by atoms with Crippen molar-refractivity contribution < 1.29 is 19.1 Å². The van der Waals surface area contributed by atoms with Gasteiger partial charge in [0.05, 0.1) is 6.07 Å².